The molecule has 20 heavy (non-hydrogen) atoms. The van der Waals surface area contributed by atoms with Crippen LogP contribution < -0.4 is 0 Å². The van der Waals surface area contributed by atoms with Crippen LogP contribution in [0.15, 0.2) is 18.2 Å². The Hall–Kier alpha value is -1.91. The van der Waals surface area contributed by atoms with Crippen molar-refractivity contribution in [3.63, 3.8) is 0 Å². The monoisotopic (exact) mass is 278 g/mol. The summed E-state index contributed by atoms with van der Waals surface area (Å²) in [5, 5.41) is 0. The van der Waals surface area contributed by atoms with Gasteiger partial charge in [0.15, 0.2) is 0 Å². The second-order valence-electron chi connectivity index (χ2n) is 5.37. The lowest BCUT2D eigenvalue weighted by atomic mass is 10.1. The van der Waals surface area contributed by atoms with Crippen LogP contribution in [-0.4, -0.2) is 48.3 Å². The van der Waals surface area contributed by atoms with Crippen LogP contribution in [0.4, 0.5) is 4.39 Å². The standard InChI is InChI=1S/C15H19FN2O2/c1-10-6-7-11(12(16)9-10)14(19)18-8-4-5-13(18)15(20)17(2)3/h6-7,9,13H,4-5,8H2,1-3H3. The van der Waals surface area contributed by atoms with Crippen molar-refractivity contribution in [2.75, 3.05) is 20.6 Å². The summed E-state index contributed by atoms with van der Waals surface area (Å²) in [6.07, 6.45) is 1.40. The zero-order valence-corrected chi connectivity index (χ0v) is 12.0. The fraction of sp³-hybridized carbons (Fsp3) is 0.467. The highest BCUT2D eigenvalue weighted by Crippen LogP contribution is 2.22. The Balaban J connectivity index is 2.25. The molecule has 0 saturated carbocycles. The Labute approximate surface area is 118 Å². The van der Waals surface area contributed by atoms with E-state index < -0.39 is 17.8 Å². The summed E-state index contributed by atoms with van der Waals surface area (Å²) in [6, 6.07) is 4.06. The van der Waals surface area contributed by atoms with E-state index in [4.69, 9.17) is 0 Å². The first kappa shape index (κ1) is 14.5. The fourth-order valence-corrected chi connectivity index (χ4v) is 2.51. The van der Waals surface area contributed by atoms with Crippen molar-refractivity contribution >= 4 is 11.8 Å². The molecule has 1 aromatic rings. The molecule has 0 bridgehead atoms. The molecule has 1 unspecified atom stereocenters. The van der Waals surface area contributed by atoms with Crippen LogP contribution in [0.3, 0.4) is 0 Å². The Kier molecular flexibility index (Phi) is 4.06. The van der Waals surface area contributed by atoms with Gasteiger partial charge < -0.3 is 9.80 Å². The Morgan fingerprint density at radius 3 is 2.65 bits per heavy atom. The molecule has 108 valence electrons. The van der Waals surface area contributed by atoms with Gasteiger partial charge in [-0.2, -0.15) is 0 Å². The third kappa shape index (κ3) is 2.66. The molecule has 1 heterocycles. The Bertz CT molecular complexity index is 543. The second-order valence-corrected chi connectivity index (χ2v) is 5.37. The fourth-order valence-electron chi connectivity index (χ4n) is 2.51. The van der Waals surface area contributed by atoms with Crippen molar-refractivity contribution in [2.45, 2.75) is 25.8 Å². The zero-order chi connectivity index (χ0) is 14.9. The quantitative estimate of drug-likeness (QED) is 0.828. The number of nitrogens with zero attached hydrogens (tertiary/aromatic N) is 2. The van der Waals surface area contributed by atoms with E-state index in [9.17, 15) is 14.0 Å². The lowest BCUT2D eigenvalue weighted by Gasteiger charge is -2.26. The van der Waals surface area contributed by atoms with Gasteiger partial charge in [0.05, 0.1) is 5.56 Å². The van der Waals surface area contributed by atoms with Gasteiger partial charge in [-0.15, -0.1) is 0 Å². The van der Waals surface area contributed by atoms with Crippen LogP contribution in [0.25, 0.3) is 0 Å². The summed E-state index contributed by atoms with van der Waals surface area (Å²) in [7, 11) is 3.32. The lowest BCUT2D eigenvalue weighted by molar-refractivity contribution is -0.132. The molecule has 0 N–H and O–H groups in total. The molecule has 1 aliphatic rings. The molecule has 0 aromatic heterocycles. The van der Waals surface area contributed by atoms with E-state index in [1.54, 1.807) is 27.1 Å². The summed E-state index contributed by atoms with van der Waals surface area (Å²) in [4.78, 5) is 27.5. The average molecular weight is 278 g/mol. The van der Waals surface area contributed by atoms with E-state index in [0.29, 0.717) is 13.0 Å². The zero-order valence-electron chi connectivity index (χ0n) is 12.0. The molecule has 0 spiro atoms. The van der Waals surface area contributed by atoms with Crippen LogP contribution >= 0.6 is 0 Å². The number of rotatable bonds is 2. The van der Waals surface area contributed by atoms with Gasteiger partial charge >= 0.3 is 0 Å². The molecule has 5 heteroatoms. The maximum absolute atomic E-state index is 13.9. The van der Waals surface area contributed by atoms with Gasteiger partial charge in [0, 0.05) is 20.6 Å². The van der Waals surface area contributed by atoms with E-state index in [0.717, 1.165) is 12.0 Å². The highest BCUT2D eigenvalue weighted by Gasteiger charge is 2.36. The van der Waals surface area contributed by atoms with Gasteiger partial charge in [0.25, 0.3) is 5.91 Å². The number of amides is 2. The average Bonchev–Trinajstić information content (AvgIpc) is 2.86. The molecular weight excluding hydrogens is 259 g/mol. The molecule has 2 rings (SSSR count). The van der Waals surface area contributed by atoms with Gasteiger partial charge in [0.2, 0.25) is 5.91 Å². The second kappa shape index (κ2) is 5.61. The van der Waals surface area contributed by atoms with E-state index in [1.807, 2.05) is 0 Å². The van der Waals surface area contributed by atoms with Crippen LogP contribution in [0.5, 0.6) is 0 Å². The van der Waals surface area contributed by atoms with Crippen molar-refractivity contribution in [3.8, 4) is 0 Å². The first-order valence-corrected chi connectivity index (χ1v) is 6.70. The summed E-state index contributed by atoms with van der Waals surface area (Å²) >= 11 is 0. The molecule has 0 aliphatic carbocycles. The molecule has 1 aliphatic heterocycles. The number of halogens is 1. The van der Waals surface area contributed by atoms with Gasteiger partial charge in [-0.25, -0.2) is 4.39 Å². The molecule has 1 atom stereocenters. The molecule has 2 amide bonds. The van der Waals surface area contributed by atoms with Gasteiger partial charge in [-0.3, -0.25) is 9.59 Å². The number of carbonyl (C=O) groups excluding carboxylic acids is 2. The van der Waals surface area contributed by atoms with E-state index in [-0.39, 0.29) is 11.5 Å². The minimum atomic E-state index is -0.530. The summed E-state index contributed by atoms with van der Waals surface area (Å²) in [6.45, 7) is 2.27. The highest BCUT2D eigenvalue weighted by atomic mass is 19.1. The highest BCUT2D eigenvalue weighted by molar-refractivity contribution is 5.98. The number of carbonyl (C=O) groups is 2. The predicted molar refractivity (Wildman–Crippen MR) is 73.9 cm³/mol. The Morgan fingerprint density at radius 2 is 2.05 bits per heavy atom. The first-order valence-electron chi connectivity index (χ1n) is 6.70. The molecule has 1 fully saturated rings. The largest absolute Gasteiger partial charge is 0.347 e. The minimum Gasteiger partial charge on any atom is -0.347 e. The molecule has 4 nitrogen and oxygen atoms in total. The molecule has 1 aromatic carbocycles. The smallest absolute Gasteiger partial charge is 0.257 e. The number of aryl methyl sites for hydroxylation is 1. The molecule has 1 saturated heterocycles. The van der Waals surface area contributed by atoms with Crippen molar-refractivity contribution in [1.29, 1.82) is 0 Å². The van der Waals surface area contributed by atoms with Crippen molar-refractivity contribution in [2.24, 2.45) is 0 Å². The van der Waals surface area contributed by atoms with Gasteiger partial charge in [-0.05, 0) is 37.5 Å². The molecular formula is C15H19FN2O2. The third-order valence-electron chi connectivity index (χ3n) is 3.59. The van der Waals surface area contributed by atoms with E-state index in [1.165, 1.54) is 21.9 Å². The van der Waals surface area contributed by atoms with Crippen LogP contribution in [0.1, 0.15) is 28.8 Å². The number of likely N-dealkylation sites (tertiary alicyclic amines) is 1. The summed E-state index contributed by atoms with van der Waals surface area (Å²) < 4.78 is 13.9. The number of benzene rings is 1. The number of hydrogen-bond acceptors (Lipinski definition) is 2. The Morgan fingerprint density at radius 1 is 1.35 bits per heavy atom. The number of hydrogen-bond donors (Lipinski definition) is 0. The van der Waals surface area contributed by atoms with Crippen LogP contribution in [0.2, 0.25) is 0 Å². The van der Waals surface area contributed by atoms with Gasteiger partial charge in [0.1, 0.15) is 11.9 Å². The van der Waals surface area contributed by atoms with E-state index >= 15 is 0 Å². The van der Waals surface area contributed by atoms with Crippen LogP contribution in [-0.2, 0) is 4.79 Å². The third-order valence-corrected chi connectivity index (χ3v) is 3.59. The predicted octanol–water partition coefficient (Wildman–Crippen LogP) is 1.83. The van der Waals surface area contributed by atoms with Crippen LogP contribution in [0, 0.1) is 12.7 Å². The molecule has 0 radical (unpaired) electrons. The maximum atomic E-state index is 13.9. The van der Waals surface area contributed by atoms with Crippen molar-refractivity contribution in [1.82, 2.24) is 9.80 Å². The normalized spacial score (nSPS) is 18.2. The maximum Gasteiger partial charge on any atom is 0.257 e. The topological polar surface area (TPSA) is 40.6 Å². The van der Waals surface area contributed by atoms with Crippen molar-refractivity contribution < 1.29 is 14.0 Å². The SMILES string of the molecule is Cc1ccc(C(=O)N2CCCC2C(=O)N(C)C)c(F)c1. The van der Waals surface area contributed by atoms with E-state index in [2.05, 4.69) is 0 Å². The number of likely N-dealkylation sites (N-methyl/N-ethyl adjacent to an activating group) is 1. The van der Waals surface area contributed by atoms with Crippen molar-refractivity contribution in [3.05, 3.63) is 35.1 Å². The summed E-state index contributed by atoms with van der Waals surface area (Å²) in [5.41, 5.74) is 0.801. The lowest BCUT2D eigenvalue weighted by Crippen LogP contribution is -2.45. The summed E-state index contributed by atoms with van der Waals surface area (Å²) in [5.74, 6) is -1.04. The first-order chi connectivity index (χ1) is 9.41. The minimum absolute atomic E-state index is 0.0362. The van der Waals surface area contributed by atoms with Gasteiger partial charge in [-0.1, -0.05) is 6.07 Å².